The summed E-state index contributed by atoms with van der Waals surface area (Å²) in [6.07, 6.45) is -2.60. The number of ether oxygens (including phenoxy) is 1. The minimum absolute atomic E-state index is 0.0506. The monoisotopic (exact) mass is 501 g/mol. The van der Waals surface area contributed by atoms with Crippen molar-refractivity contribution in [1.82, 2.24) is 5.32 Å². The van der Waals surface area contributed by atoms with Crippen molar-refractivity contribution in [2.45, 2.75) is 71.7 Å². The van der Waals surface area contributed by atoms with Crippen molar-refractivity contribution < 1.29 is 41.9 Å². The number of rotatable bonds is 14. The Labute approximate surface area is 200 Å². The summed E-state index contributed by atoms with van der Waals surface area (Å²) in [7, 11) is -4.24. The SMILES string of the molecule is CCC(OC(=O)Cc1ccccc1)C(OS(=O)(=O)CCCNC(C)=O)C(C)(C)[C@@](C)(O)C(=O)O. The molecule has 11 heteroatoms. The lowest BCUT2D eigenvalue weighted by Gasteiger charge is -2.44. The van der Waals surface area contributed by atoms with Crippen LogP contribution in [0.25, 0.3) is 0 Å². The fraction of sp³-hybridized carbons (Fsp3) is 0.609. The number of hydrogen-bond acceptors (Lipinski definition) is 8. The number of carbonyl (C=O) groups excluding carboxylic acids is 2. The maximum Gasteiger partial charge on any atom is 0.336 e. The van der Waals surface area contributed by atoms with Gasteiger partial charge in [0, 0.05) is 18.9 Å². The zero-order chi connectivity index (χ0) is 26.2. The molecule has 0 heterocycles. The molecule has 0 spiro atoms. The van der Waals surface area contributed by atoms with E-state index >= 15 is 0 Å². The largest absolute Gasteiger partial charge is 0.479 e. The Morgan fingerprint density at radius 1 is 1.12 bits per heavy atom. The molecule has 0 aliphatic carbocycles. The van der Waals surface area contributed by atoms with Crippen molar-refractivity contribution in [3.63, 3.8) is 0 Å². The van der Waals surface area contributed by atoms with Gasteiger partial charge in [0.15, 0.2) is 5.60 Å². The first kappa shape index (κ1) is 29.5. The second-order valence-electron chi connectivity index (χ2n) is 8.81. The van der Waals surface area contributed by atoms with E-state index in [2.05, 4.69) is 5.32 Å². The number of carboxylic acid groups (broad SMARTS) is 1. The molecule has 0 aliphatic rings. The maximum absolute atomic E-state index is 12.7. The normalized spacial score (nSPS) is 15.6. The van der Waals surface area contributed by atoms with Gasteiger partial charge in [0.1, 0.15) is 12.2 Å². The number of aliphatic hydroxyl groups is 1. The minimum Gasteiger partial charge on any atom is -0.479 e. The number of benzene rings is 1. The average molecular weight is 502 g/mol. The van der Waals surface area contributed by atoms with Gasteiger partial charge in [-0.25, -0.2) is 4.79 Å². The standard InChI is InChI=1S/C23H35NO9S/c1-6-18(32-19(26)15-17-11-8-7-9-12-17)20(22(3,4)23(5,29)21(27)28)33-34(30,31)14-10-13-24-16(2)25/h7-9,11-12,18,20,29H,6,10,13-15H2,1-5H3,(H,24,25)(H,27,28)/t18?,20?,23-/m0/s1. The van der Waals surface area contributed by atoms with Gasteiger partial charge in [-0.2, -0.15) is 8.42 Å². The molecule has 3 atom stereocenters. The summed E-state index contributed by atoms with van der Waals surface area (Å²) in [6, 6.07) is 8.77. The summed E-state index contributed by atoms with van der Waals surface area (Å²) in [4.78, 5) is 35.4. The summed E-state index contributed by atoms with van der Waals surface area (Å²) in [6.45, 7) is 6.74. The fourth-order valence-electron chi connectivity index (χ4n) is 3.25. The molecule has 1 rings (SSSR count). The van der Waals surface area contributed by atoms with Gasteiger partial charge >= 0.3 is 11.9 Å². The molecule has 10 nitrogen and oxygen atoms in total. The van der Waals surface area contributed by atoms with Crippen molar-refractivity contribution in [3.8, 4) is 0 Å². The molecule has 0 bridgehead atoms. The fourth-order valence-corrected chi connectivity index (χ4v) is 4.53. The van der Waals surface area contributed by atoms with Crippen LogP contribution in [0.3, 0.4) is 0 Å². The molecule has 0 saturated carbocycles. The molecule has 0 aliphatic heterocycles. The Bertz CT molecular complexity index is 942. The van der Waals surface area contributed by atoms with E-state index in [1.165, 1.54) is 20.8 Å². The number of esters is 1. The molecular formula is C23H35NO9S. The van der Waals surface area contributed by atoms with Crippen LogP contribution in [-0.4, -0.2) is 66.6 Å². The van der Waals surface area contributed by atoms with Gasteiger partial charge in [0.25, 0.3) is 10.1 Å². The highest BCUT2D eigenvalue weighted by molar-refractivity contribution is 7.86. The third-order valence-electron chi connectivity index (χ3n) is 5.79. The summed E-state index contributed by atoms with van der Waals surface area (Å²) in [5.41, 5.74) is -3.43. The van der Waals surface area contributed by atoms with Gasteiger partial charge in [0.2, 0.25) is 5.91 Å². The molecule has 1 amide bonds. The van der Waals surface area contributed by atoms with Crippen LogP contribution < -0.4 is 5.32 Å². The Balaban J connectivity index is 3.19. The van der Waals surface area contributed by atoms with E-state index in [0.717, 1.165) is 6.92 Å². The molecule has 34 heavy (non-hydrogen) atoms. The van der Waals surface area contributed by atoms with Crippen molar-refractivity contribution in [2.24, 2.45) is 5.41 Å². The molecule has 192 valence electrons. The van der Waals surface area contributed by atoms with E-state index in [1.54, 1.807) is 37.3 Å². The Hall–Kier alpha value is -2.50. The van der Waals surface area contributed by atoms with Gasteiger partial charge in [0.05, 0.1) is 12.2 Å². The molecule has 0 fully saturated rings. The number of nitrogens with one attached hydrogen (secondary N) is 1. The summed E-state index contributed by atoms with van der Waals surface area (Å²) in [5.74, 6) is -3.02. The van der Waals surface area contributed by atoms with E-state index in [-0.39, 0.29) is 31.7 Å². The Kier molecular flexibility index (Phi) is 10.7. The van der Waals surface area contributed by atoms with Crippen molar-refractivity contribution >= 4 is 28.0 Å². The molecule has 3 N–H and O–H groups in total. The van der Waals surface area contributed by atoms with Crippen molar-refractivity contribution in [2.75, 3.05) is 12.3 Å². The predicted molar refractivity (Wildman–Crippen MR) is 124 cm³/mol. The van der Waals surface area contributed by atoms with Crippen LogP contribution in [0.4, 0.5) is 0 Å². The maximum atomic E-state index is 12.7. The number of carboxylic acids is 1. The van der Waals surface area contributed by atoms with E-state index in [0.29, 0.717) is 5.56 Å². The van der Waals surface area contributed by atoms with Crippen LogP contribution in [0, 0.1) is 5.41 Å². The smallest absolute Gasteiger partial charge is 0.336 e. The second kappa shape index (κ2) is 12.3. The first-order valence-electron chi connectivity index (χ1n) is 11.0. The van der Waals surface area contributed by atoms with Crippen LogP contribution in [0.1, 0.15) is 53.0 Å². The van der Waals surface area contributed by atoms with E-state index in [1.807, 2.05) is 0 Å². The zero-order valence-corrected chi connectivity index (χ0v) is 21.1. The number of hydrogen-bond donors (Lipinski definition) is 3. The number of aliphatic carboxylic acids is 1. The molecule has 1 aromatic carbocycles. The summed E-state index contributed by atoms with van der Waals surface area (Å²) >= 11 is 0. The lowest BCUT2D eigenvalue weighted by atomic mass is 9.70. The first-order valence-corrected chi connectivity index (χ1v) is 12.6. The highest BCUT2D eigenvalue weighted by Crippen LogP contribution is 2.40. The van der Waals surface area contributed by atoms with Gasteiger partial charge in [-0.15, -0.1) is 0 Å². The summed E-state index contributed by atoms with van der Waals surface area (Å²) < 4.78 is 36.4. The Morgan fingerprint density at radius 3 is 2.21 bits per heavy atom. The molecule has 0 radical (unpaired) electrons. The lowest BCUT2D eigenvalue weighted by Crippen LogP contribution is -2.59. The molecule has 1 aromatic rings. The van der Waals surface area contributed by atoms with Crippen LogP contribution in [0.5, 0.6) is 0 Å². The van der Waals surface area contributed by atoms with Gasteiger partial charge in [-0.05, 0) is 25.3 Å². The molecule has 0 saturated heterocycles. The van der Waals surface area contributed by atoms with Crippen LogP contribution in [0.2, 0.25) is 0 Å². The Morgan fingerprint density at radius 2 is 1.71 bits per heavy atom. The highest BCUT2D eigenvalue weighted by Gasteiger charge is 2.55. The third kappa shape index (κ3) is 8.37. The topological polar surface area (TPSA) is 156 Å². The van der Waals surface area contributed by atoms with Gasteiger partial charge in [-0.3, -0.25) is 13.8 Å². The van der Waals surface area contributed by atoms with Crippen molar-refractivity contribution in [1.29, 1.82) is 0 Å². The number of amides is 1. The van der Waals surface area contributed by atoms with Crippen LogP contribution >= 0.6 is 0 Å². The lowest BCUT2D eigenvalue weighted by molar-refractivity contribution is -0.190. The average Bonchev–Trinajstić information content (AvgIpc) is 2.74. The number of carbonyl (C=O) groups is 3. The van der Waals surface area contributed by atoms with Crippen LogP contribution in [-0.2, 0) is 39.8 Å². The molecule has 2 unspecified atom stereocenters. The first-order chi connectivity index (χ1) is 15.6. The second-order valence-corrected chi connectivity index (χ2v) is 10.5. The van der Waals surface area contributed by atoms with Gasteiger partial charge < -0.3 is 20.3 Å². The molecule has 0 aromatic heterocycles. The van der Waals surface area contributed by atoms with E-state index in [9.17, 15) is 33.0 Å². The minimum atomic E-state index is -4.24. The quantitative estimate of drug-likeness (QED) is 0.196. The van der Waals surface area contributed by atoms with E-state index in [4.69, 9.17) is 8.92 Å². The zero-order valence-electron chi connectivity index (χ0n) is 20.2. The van der Waals surface area contributed by atoms with E-state index < -0.39 is 51.0 Å². The predicted octanol–water partition coefficient (Wildman–Crippen LogP) is 1.65. The van der Waals surface area contributed by atoms with Gasteiger partial charge in [-0.1, -0.05) is 51.1 Å². The molecular weight excluding hydrogens is 466 g/mol. The highest BCUT2D eigenvalue weighted by atomic mass is 32.2. The summed E-state index contributed by atoms with van der Waals surface area (Å²) in [5, 5.41) is 22.8. The van der Waals surface area contributed by atoms with Crippen LogP contribution in [0.15, 0.2) is 30.3 Å². The van der Waals surface area contributed by atoms with Crippen molar-refractivity contribution in [3.05, 3.63) is 35.9 Å². The third-order valence-corrected chi connectivity index (χ3v) is 7.08.